The highest BCUT2D eigenvalue weighted by Gasteiger charge is 2.08. The molecule has 0 aliphatic rings. The zero-order valence-corrected chi connectivity index (χ0v) is 6.93. The van der Waals surface area contributed by atoms with Gasteiger partial charge in [0, 0.05) is 13.0 Å². The third-order valence-electron chi connectivity index (χ3n) is 1.50. The summed E-state index contributed by atoms with van der Waals surface area (Å²) in [4.78, 5) is 0. The fourth-order valence-corrected chi connectivity index (χ4v) is 0.865. The van der Waals surface area contributed by atoms with E-state index < -0.39 is 5.82 Å². The maximum atomic E-state index is 12.9. The molecule has 0 saturated carbocycles. The van der Waals surface area contributed by atoms with Crippen molar-refractivity contribution in [2.24, 2.45) is 0 Å². The lowest BCUT2D eigenvalue weighted by Crippen LogP contribution is -2.00. The number of rotatable bonds is 4. The molecule has 0 aliphatic heterocycles. The van der Waals surface area contributed by atoms with Gasteiger partial charge in [-0.25, -0.2) is 4.39 Å². The van der Waals surface area contributed by atoms with E-state index in [1.807, 2.05) is 6.92 Å². The van der Waals surface area contributed by atoms with Crippen molar-refractivity contribution in [3.05, 3.63) is 11.5 Å². The molecule has 3 N–H and O–H groups in total. The molecule has 0 spiro atoms. The number of aromatic nitrogens is 2. The lowest BCUT2D eigenvalue weighted by molar-refractivity contribution is 0.149. The van der Waals surface area contributed by atoms with E-state index >= 15 is 0 Å². The smallest absolute Gasteiger partial charge is 0.187 e. The van der Waals surface area contributed by atoms with Crippen molar-refractivity contribution < 1.29 is 9.13 Å². The quantitative estimate of drug-likeness (QED) is 0.659. The van der Waals surface area contributed by atoms with Gasteiger partial charge in [-0.2, -0.15) is 5.10 Å². The number of hydrogen-bond donors (Lipinski definition) is 2. The zero-order valence-electron chi connectivity index (χ0n) is 6.93. The number of aromatic amines is 1. The summed E-state index contributed by atoms with van der Waals surface area (Å²) in [5, 5.41) is 6.02. The molecular formula is C7H12FN3O. The van der Waals surface area contributed by atoms with Gasteiger partial charge in [-0.3, -0.25) is 5.10 Å². The van der Waals surface area contributed by atoms with E-state index in [2.05, 4.69) is 10.2 Å². The molecule has 0 aliphatic carbocycles. The minimum Gasteiger partial charge on any atom is -0.381 e. The van der Waals surface area contributed by atoms with Crippen LogP contribution in [0, 0.1) is 5.82 Å². The van der Waals surface area contributed by atoms with Gasteiger partial charge in [0.15, 0.2) is 11.6 Å². The SMILES string of the molecule is CCOCCc1[nH]nc(N)c1F. The maximum absolute atomic E-state index is 12.9. The van der Waals surface area contributed by atoms with Gasteiger partial charge in [0.1, 0.15) is 0 Å². The third kappa shape index (κ3) is 1.94. The number of halogens is 1. The van der Waals surface area contributed by atoms with Crippen molar-refractivity contribution in [2.45, 2.75) is 13.3 Å². The summed E-state index contributed by atoms with van der Waals surface area (Å²) in [5.74, 6) is -0.545. The molecule has 4 nitrogen and oxygen atoms in total. The van der Waals surface area contributed by atoms with E-state index in [0.717, 1.165) is 0 Å². The predicted molar refractivity (Wildman–Crippen MR) is 43.2 cm³/mol. The third-order valence-corrected chi connectivity index (χ3v) is 1.50. The molecule has 0 fully saturated rings. The molecule has 0 amide bonds. The molecule has 1 heterocycles. The number of hydrogen-bond acceptors (Lipinski definition) is 3. The van der Waals surface area contributed by atoms with Crippen LogP contribution >= 0.6 is 0 Å². The average Bonchev–Trinajstić information content (AvgIpc) is 2.36. The van der Waals surface area contributed by atoms with Crippen LogP contribution in [-0.2, 0) is 11.2 Å². The number of nitrogens with one attached hydrogen (secondary N) is 1. The maximum Gasteiger partial charge on any atom is 0.187 e. The minimum absolute atomic E-state index is 0.0819. The first-order valence-corrected chi connectivity index (χ1v) is 3.81. The Kier molecular flexibility index (Phi) is 3.04. The molecule has 0 unspecified atom stereocenters. The van der Waals surface area contributed by atoms with Gasteiger partial charge < -0.3 is 10.5 Å². The summed E-state index contributed by atoms with van der Waals surface area (Å²) in [5.41, 5.74) is 5.59. The van der Waals surface area contributed by atoms with Gasteiger partial charge in [-0.05, 0) is 6.92 Å². The fraction of sp³-hybridized carbons (Fsp3) is 0.571. The molecule has 0 saturated heterocycles. The topological polar surface area (TPSA) is 63.9 Å². The van der Waals surface area contributed by atoms with Crippen molar-refractivity contribution in [3.8, 4) is 0 Å². The average molecular weight is 173 g/mol. The summed E-state index contributed by atoms with van der Waals surface area (Å²) >= 11 is 0. The van der Waals surface area contributed by atoms with Crippen molar-refractivity contribution in [3.63, 3.8) is 0 Å². The van der Waals surface area contributed by atoms with E-state index in [1.165, 1.54) is 0 Å². The van der Waals surface area contributed by atoms with Crippen LogP contribution in [0.5, 0.6) is 0 Å². The van der Waals surface area contributed by atoms with Crippen molar-refractivity contribution in [1.29, 1.82) is 0 Å². The van der Waals surface area contributed by atoms with Gasteiger partial charge >= 0.3 is 0 Å². The highest BCUT2D eigenvalue weighted by molar-refractivity contribution is 5.31. The molecule has 0 atom stereocenters. The largest absolute Gasteiger partial charge is 0.381 e. The number of H-pyrrole nitrogens is 1. The first-order chi connectivity index (χ1) is 5.75. The summed E-state index contributed by atoms with van der Waals surface area (Å²) in [6, 6.07) is 0. The monoisotopic (exact) mass is 173 g/mol. The predicted octanol–water partition coefficient (Wildman–Crippen LogP) is 0.710. The van der Waals surface area contributed by atoms with E-state index in [9.17, 15) is 4.39 Å². The molecule has 1 aromatic heterocycles. The van der Waals surface area contributed by atoms with Crippen molar-refractivity contribution in [2.75, 3.05) is 18.9 Å². The molecule has 1 aromatic rings. The Labute approximate surface area is 69.9 Å². The van der Waals surface area contributed by atoms with Crippen LogP contribution < -0.4 is 5.73 Å². The standard InChI is InChI=1S/C7H12FN3O/c1-2-12-4-3-5-6(8)7(9)11-10-5/h2-4H2,1H3,(H3,9,10,11). The molecule has 1 rings (SSSR count). The molecule has 5 heteroatoms. The molecular weight excluding hydrogens is 161 g/mol. The first kappa shape index (κ1) is 8.99. The van der Waals surface area contributed by atoms with E-state index in [4.69, 9.17) is 10.5 Å². The Balaban J connectivity index is 2.46. The Hall–Kier alpha value is -1.10. The Morgan fingerprint density at radius 2 is 2.42 bits per heavy atom. The second-order valence-electron chi connectivity index (χ2n) is 2.35. The summed E-state index contributed by atoms with van der Waals surface area (Å²) in [7, 11) is 0. The van der Waals surface area contributed by atoms with Crippen molar-refractivity contribution in [1.82, 2.24) is 10.2 Å². The Bertz CT molecular complexity index is 249. The van der Waals surface area contributed by atoms with Gasteiger partial charge in [-0.1, -0.05) is 0 Å². The minimum atomic E-state index is -0.463. The highest BCUT2D eigenvalue weighted by atomic mass is 19.1. The highest BCUT2D eigenvalue weighted by Crippen LogP contribution is 2.10. The molecule has 0 radical (unpaired) electrons. The first-order valence-electron chi connectivity index (χ1n) is 3.81. The fourth-order valence-electron chi connectivity index (χ4n) is 0.865. The lowest BCUT2D eigenvalue weighted by Gasteiger charge is -1.97. The summed E-state index contributed by atoms with van der Waals surface area (Å²) in [6.07, 6.45) is 0.476. The number of nitrogens with two attached hydrogens (primary N) is 1. The van der Waals surface area contributed by atoms with Gasteiger partial charge in [0.2, 0.25) is 0 Å². The van der Waals surface area contributed by atoms with Crippen LogP contribution in [0.2, 0.25) is 0 Å². The molecule has 12 heavy (non-hydrogen) atoms. The Morgan fingerprint density at radius 3 is 2.92 bits per heavy atom. The Morgan fingerprint density at radius 1 is 1.67 bits per heavy atom. The lowest BCUT2D eigenvalue weighted by atomic mass is 10.3. The van der Waals surface area contributed by atoms with Crippen LogP contribution in [0.15, 0.2) is 0 Å². The summed E-state index contributed by atoms with van der Waals surface area (Å²) < 4.78 is 18.0. The van der Waals surface area contributed by atoms with Gasteiger partial charge in [0.05, 0.1) is 12.3 Å². The van der Waals surface area contributed by atoms with Crippen LogP contribution in [0.1, 0.15) is 12.6 Å². The second-order valence-corrected chi connectivity index (χ2v) is 2.35. The number of nitrogen functional groups attached to an aromatic ring is 1. The summed E-state index contributed by atoms with van der Waals surface area (Å²) in [6.45, 7) is 3.00. The van der Waals surface area contributed by atoms with Gasteiger partial charge in [0.25, 0.3) is 0 Å². The van der Waals surface area contributed by atoms with Crippen LogP contribution in [0.3, 0.4) is 0 Å². The molecule has 0 aromatic carbocycles. The van der Waals surface area contributed by atoms with Crippen LogP contribution in [-0.4, -0.2) is 23.4 Å². The number of nitrogens with zero attached hydrogens (tertiary/aromatic N) is 1. The van der Waals surface area contributed by atoms with E-state index in [-0.39, 0.29) is 5.82 Å². The van der Waals surface area contributed by atoms with Crippen LogP contribution in [0.25, 0.3) is 0 Å². The number of anilines is 1. The second kappa shape index (κ2) is 4.06. The van der Waals surface area contributed by atoms with Crippen molar-refractivity contribution >= 4 is 5.82 Å². The number of ether oxygens (including phenoxy) is 1. The van der Waals surface area contributed by atoms with Gasteiger partial charge in [-0.15, -0.1) is 0 Å². The zero-order chi connectivity index (χ0) is 8.97. The van der Waals surface area contributed by atoms with E-state index in [1.54, 1.807) is 0 Å². The molecule has 0 bridgehead atoms. The van der Waals surface area contributed by atoms with Crippen LogP contribution in [0.4, 0.5) is 10.2 Å². The van der Waals surface area contributed by atoms with E-state index in [0.29, 0.717) is 25.3 Å². The molecule has 68 valence electrons. The normalized spacial score (nSPS) is 10.5.